The van der Waals surface area contributed by atoms with Crippen molar-refractivity contribution in [1.82, 2.24) is 14.1 Å². The lowest BCUT2D eigenvalue weighted by atomic mass is 10.2. The Bertz CT molecular complexity index is 851. The van der Waals surface area contributed by atoms with E-state index < -0.39 is 5.69 Å². The fraction of sp³-hybridized carbons (Fsp3) is 0.550. The van der Waals surface area contributed by atoms with E-state index in [0.29, 0.717) is 18.8 Å². The van der Waals surface area contributed by atoms with Crippen molar-refractivity contribution in [3.63, 3.8) is 0 Å². The lowest BCUT2D eigenvalue weighted by Crippen LogP contribution is -2.42. The number of hydrogen-bond donors (Lipinski definition) is 1. The summed E-state index contributed by atoms with van der Waals surface area (Å²) in [5.74, 6) is 1.23. The van der Waals surface area contributed by atoms with Crippen molar-refractivity contribution in [3.05, 3.63) is 50.9 Å². The third-order valence-electron chi connectivity index (χ3n) is 5.15. The predicted octanol–water partition coefficient (Wildman–Crippen LogP) is 2.28. The molecule has 0 bridgehead atoms. The van der Waals surface area contributed by atoms with Crippen molar-refractivity contribution in [2.24, 2.45) is 20.0 Å². The van der Waals surface area contributed by atoms with Crippen LogP contribution in [0.5, 0.6) is 0 Å². The van der Waals surface area contributed by atoms with Crippen molar-refractivity contribution in [1.29, 1.82) is 0 Å². The molecule has 148 valence electrons. The summed E-state index contributed by atoms with van der Waals surface area (Å²) in [5.41, 5.74) is 6.53. The minimum absolute atomic E-state index is 0.180. The van der Waals surface area contributed by atoms with E-state index in [1.54, 1.807) is 19.4 Å². The van der Waals surface area contributed by atoms with Gasteiger partial charge in [-0.15, -0.1) is 0 Å². The molecule has 1 aliphatic rings. The topological polar surface area (TPSA) is 86.2 Å². The van der Waals surface area contributed by atoms with Gasteiger partial charge in [0.05, 0.1) is 0 Å². The van der Waals surface area contributed by atoms with Crippen molar-refractivity contribution < 1.29 is 0 Å². The molecule has 0 unspecified atom stereocenters. The zero-order valence-corrected chi connectivity index (χ0v) is 16.8. The molecule has 1 aliphatic carbocycles. The quantitative estimate of drug-likeness (QED) is 0.889. The largest absolute Gasteiger partial charge is 0.383 e. The molecule has 1 saturated carbocycles. The fourth-order valence-electron chi connectivity index (χ4n) is 3.33. The molecular weight excluding hydrogens is 342 g/mol. The van der Waals surface area contributed by atoms with Gasteiger partial charge >= 0.3 is 5.69 Å². The highest BCUT2D eigenvalue weighted by atomic mass is 16.2. The molecule has 0 aliphatic heterocycles. The first-order chi connectivity index (χ1) is 12.9. The zero-order chi connectivity index (χ0) is 20.0. The van der Waals surface area contributed by atoms with E-state index in [1.807, 2.05) is 24.0 Å². The van der Waals surface area contributed by atoms with Crippen LogP contribution in [-0.2, 0) is 20.6 Å². The Kier molecular flexibility index (Phi) is 7.21. The lowest BCUT2D eigenvalue weighted by molar-refractivity contribution is 0.612. The summed E-state index contributed by atoms with van der Waals surface area (Å²) in [5, 5.41) is 0. The smallest absolute Gasteiger partial charge is 0.332 e. The SMILES string of the molecule is CC1CCCC1.CCN(Cc1ccncc1)c1c(N)n(C)c(=O)n(C)c1=O. The van der Waals surface area contributed by atoms with Gasteiger partial charge in [-0.2, -0.15) is 0 Å². The number of rotatable bonds is 4. The molecule has 0 radical (unpaired) electrons. The van der Waals surface area contributed by atoms with Gasteiger partial charge in [0.2, 0.25) is 0 Å². The molecule has 0 atom stereocenters. The number of aromatic nitrogens is 3. The maximum atomic E-state index is 12.4. The van der Waals surface area contributed by atoms with Gasteiger partial charge in [-0.1, -0.05) is 32.6 Å². The van der Waals surface area contributed by atoms with E-state index in [4.69, 9.17) is 5.73 Å². The average molecular weight is 374 g/mol. The van der Waals surface area contributed by atoms with E-state index in [-0.39, 0.29) is 11.4 Å². The van der Waals surface area contributed by atoms with Crippen LogP contribution in [0.3, 0.4) is 0 Å². The third-order valence-corrected chi connectivity index (χ3v) is 5.15. The molecule has 7 nitrogen and oxygen atoms in total. The Morgan fingerprint density at radius 2 is 1.74 bits per heavy atom. The number of nitrogens with zero attached hydrogens (tertiary/aromatic N) is 4. The van der Waals surface area contributed by atoms with Crippen molar-refractivity contribution in [2.75, 3.05) is 17.2 Å². The molecular formula is C20H31N5O2. The van der Waals surface area contributed by atoms with Crippen LogP contribution in [0.15, 0.2) is 34.1 Å². The maximum absolute atomic E-state index is 12.4. The Balaban J connectivity index is 0.000000369. The first-order valence-electron chi connectivity index (χ1n) is 9.56. The summed E-state index contributed by atoms with van der Waals surface area (Å²) >= 11 is 0. The standard InChI is InChI=1S/C14H19N5O2.C6H12/c1-4-19(9-10-5-7-16-8-6-10)11-12(15)17(2)14(21)18(3)13(11)20;1-6-4-2-3-5-6/h5-8H,4,9,15H2,1-3H3;6H,2-5H2,1H3. The van der Waals surface area contributed by atoms with Crippen molar-refractivity contribution in [2.45, 2.75) is 46.1 Å². The highest BCUT2D eigenvalue weighted by Gasteiger charge is 2.18. The maximum Gasteiger partial charge on any atom is 0.332 e. The van der Waals surface area contributed by atoms with Crippen LogP contribution in [0.2, 0.25) is 0 Å². The van der Waals surface area contributed by atoms with Crippen LogP contribution in [0.25, 0.3) is 0 Å². The Labute approximate surface area is 160 Å². The second kappa shape index (κ2) is 9.39. The molecule has 0 spiro atoms. The predicted molar refractivity (Wildman–Crippen MR) is 110 cm³/mol. The first-order valence-corrected chi connectivity index (χ1v) is 9.56. The summed E-state index contributed by atoms with van der Waals surface area (Å²) in [7, 11) is 3.01. The van der Waals surface area contributed by atoms with Crippen LogP contribution >= 0.6 is 0 Å². The van der Waals surface area contributed by atoms with Gasteiger partial charge in [0.15, 0.2) is 0 Å². The third kappa shape index (κ3) is 4.99. The van der Waals surface area contributed by atoms with Crippen LogP contribution in [-0.4, -0.2) is 20.7 Å². The average Bonchev–Trinajstić information content (AvgIpc) is 3.16. The van der Waals surface area contributed by atoms with E-state index in [9.17, 15) is 9.59 Å². The summed E-state index contributed by atoms with van der Waals surface area (Å²) < 4.78 is 2.35. The number of anilines is 2. The highest BCUT2D eigenvalue weighted by molar-refractivity contribution is 5.62. The number of pyridine rings is 1. The summed E-state index contributed by atoms with van der Waals surface area (Å²) in [4.78, 5) is 30.0. The van der Waals surface area contributed by atoms with Gasteiger partial charge in [-0.05, 0) is 30.5 Å². The van der Waals surface area contributed by atoms with Crippen LogP contribution < -0.4 is 21.9 Å². The highest BCUT2D eigenvalue weighted by Crippen LogP contribution is 2.23. The van der Waals surface area contributed by atoms with Crippen LogP contribution in [0, 0.1) is 5.92 Å². The van der Waals surface area contributed by atoms with Crippen molar-refractivity contribution >= 4 is 11.5 Å². The van der Waals surface area contributed by atoms with Gasteiger partial charge in [0.1, 0.15) is 11.5 Å². The van der Waals surface area contributed by atoms with Gasteiger partial charge in [-0.3, -0.25) is 18.9 Å². The van der Waals surface area contributed by atoms with Gasteiger partial charge in [0, 0.05) is 39.6 Å². The molecule has 0 aromatic carbocycles. The minimum Gasteiger partial charge on any atom is -0.383 e. The molecule has 2 aromatic heterocycles. The summed E-state index contributed by atoms with van der Waals surface area (Å²) in [6, 6.07) is 3.76. The van der Waals surface area contributed by atoms with Gasteiger partial charge in [-0.25, -0.2) is 4.79 Å². The molecule has 3 rings (SSSR count). The van der Waals surface area contributed by atoms with E-state index in [2.05, 4.69) is 11.9 Å². The molecule has 2 N–H and O–H groups in total. The van der Waals surface area contributed by atoms with Crippen LogP contribution in [0.4, 0.5) is 11.5 Å². The molecule has 2 aromatic rings. The Morgan fingerprint density at radius 3 is 2.22 bits per heavy atom. The lowest BCUT2D eigenvalue weighted by Gasteiger charge is -2.25. The molecule has 0 saturated heterocycles. The first kappa shape index (κ1) is 20.7. The molecule has 0 amide bonds. The van der Waals surface area contributed by atoms with E-state index in [0.717, 1.165) is 16.0 Å². The second-order valence-electron chi connectivity index (χ2n) is 7.20. The van der Waals surface area contributed by atoms with E-state index in [1.165, 1.54) is 37.3 Å². The monoisotopic (exact) mass is 373 g/mol. The Morgan fingerprint density at radius 1 is 1.15 bits per heavy atom. The number of hydrogen-bond acceptors (Lipinski definition) is 5. The molecule has 2 heterocycles. The van der Waals surface area contributed by atoms with E-state index >= 15 is 0 Å². The number of nitrogen functional groups attached to an aromatic ring is 1. The number of nitrogens with two attached hydrogens (primary N) is 1. The summed E-state index contributed by atoms with van der Waals surface area (Å²) in [6.45, 7) is 5.40. The Hall–Kier alpha value is -2.57. The zero-order valence-electron chi connectivity index (χ0n) is 16.8. The fourth-order valence-corrected chi connectivity index (χ4v) is 3.33. The van der Waals surface area contributed by atoms with Gasteiger partial charge < -0.3 is 10.6 Å². The van der Waals surface area contributed by atoms with Gasteiger partial charge in [0.25, 0.3) is 5.56 Å². The summed E-state index contributed by atoms with van der Waals surface area (Å²) in [6.07, 6.45) is 9.35. The minimum atomic E-state index is -0.429. The van der Waals surface area contributed by atoms with Crippen LogP contribution in [0.1, 0.15) is 45.1 Å². The molecule has 7 heteroatoms. The molecule has 27 heavy (non-hydrogen) atoms. The normalized spacial score (nSPS) is 13.9. The molecule has 1 fully saturated rings. The van der Waals surface area contributed by atoms with Crippen molar-refractivity contribution in [3.8, 4) is 0 Å². The second-order valence-corrected chi connectivity index (χ2v) is 7.20.